The lowest BCUT2D eigenvalue weighted by Gasteiger charge is -2.14. The standard InChI is InChI=1S/C20H25N3O5/c1-14(2)12-28-13-17(24)11-21-20(25)15-8-9-18(19(10-15)23(26)27)22-16-6-4-3-5-7-16/h3-10,14,17,22,24H,11-13H2,1-2H3,(H,21,25)/t17-/m1/s1. The number of aliphatic hydroxyl groups is 1. The predicted octanol–water partition coefficient (Wildman–Crippen LogP) is 3.10. The average Bonchev–Trinajstić information content (AvgIpc) is 2.66. The summed E-state index contributed by atoms with van der Waals surface area (Å²) in [7, 11) is 0. The maximum atomic E-state index is 12.3. The molecule has 0 radical (unpaired) electrons. The summed E-state index contributed by atoms with van der Waals surface area (Å²) in [5, 5.41) is 26.8. The lowest BCUT2D eigenvalue weighted by Crippen LogP contribution is -2.34. The number of ether oxygens (including phenoxy) is 1. The van der Waals surface area contributed by atoms with Gasteiger partial charge in [-0.05, 0) is 30.2 Å². The van der Waals surface area contributed by atoms with E-state index in [2.05, 4.69) is 10.6 Å². The lowest BCUT2D eigenvalue weighted by atomic mass is 10.1. The molecule has 0 aliphatic carbocycles. The molecule has 2 aromatic carbocycles. The molecule has 2 rings (SSSR count). The van der Waals surface area contributed by atoms with E-state index >= 15 is 0 Å². The molecule has 2 aromatic rings. The Balaban J connectivity index is 2.00. The number of carbonyl (C=O) groups excluding carboxylic acids is 1. The molecule has 0 saturated heterocycles. The molecule has 150 valence electrons. The zero-order valence-electron chi connectivity index (χ0n) is 15.9. The smallest absolute Gasteiger partial charge is 0.293 e. The fourth-order valence-electron chi connectivity index (χ4n) is 2.42. The van der Waals surface area contributed by atoms with Gasteiger partial charge in [-0.25, -0.2) is 0 Å². The van der Waals surface area contributed by atoms with Crippen LogP contribution in [0, 0.1) is 16.0 Å². The molecule has 8 heteroatoms. The van der Waals surface area contributed by atoms with E-state index in [-0.39, 0.29) is 30.1 Å². The highest BCUT2D eigenvalue weighted by atomic mass is 16.6. The topological polar surface area (TPSA) is 114 Å². The van der Waals surface area contributed by atoms with Crippen LogP contribution in [0.25, 0.3) is 0 Å². The van der Waals surface area contributed by atoms with Crippen molar-refractivity contribution < 1.29 is 19.6 Å². The number of carbonyl (C=O) groups is 1. The molecule has 0 bridgehead atoms. The molecule has 0 unspecified atom stereocenters. The van der Waals surface area contributed by atoms with Gasteiger partial charge in [-0.15, -0.1) is 0 Å². The van der Waals surface area contributed by atoms with Gasteiger partial charge in [0.1, 0.15) is 5.69 Å². The summed E-state index contributed by atoms with van der Waals surface area (Å²) in [5.74, 6) is -0.150. The Kier molecular flexibility index (Phi) is 7.91. The first-order chi connectivity index (χ1) is 13.4. The van der Waals surface area contributed by atoms with Gasteiger partial charge in [0.15, 0.2) is 0 Å². The number of nitro benzene ring substituents is 1. The number of hydrogen-bond acceptors (Lipinski definition) is 6. The van der Waals surface area contributed by atoms with Crippen molar-refractivity contribution in [2.75, 3.05) is 25.1 Å². The zero-order valence-corrected chi connectivity index (χ0v) is 15.9. The van der Waals surface area contributed by atoms with E-state index in [1.807, 2.05) is 32.0 Å². The molecule has 0 saturated carbocycles. The van der Waals surface area contributed by atoms with Crippen LogP contribution in [0.4, 0.5) is 17.1 Å². The molecular weight excluding hydrogens is 362 g/mol. The summed E-state index contributed by atoms with van der Waals surface area (Å²) in [6.07, 6.45) is -0.850. The van der Waals surface area contributed by atoms with Crippen LogP contribution in [0.3, 0.4) is 0 Å². The fraction of sp³-hybridized carbons (Fsp3) is 0.350. The Bertz CT molecular complexity index is 796. The highest BCUT2D eigenvalue weighted by molar-refractivity contribution is 5.96. The van der Waals surface area contributed by atoms with E-state index in [4.69, 9.17) is 4.74 Å². The van der Waals surface area contributed by atoms with E-state index in [9.17, 15) is 20.0 Å². The van der Waals surface area contributed by atoms with Crippen LogP contribution in [0.15, 0.2) is 48.5 Å². The number of aliphatic hydroxyl groups excluding tert-OH is 1. The Morgan fingerprint density at radius 2 is 1.89 bits per heavy atom. The third kappa shape index (κ3) is 6.64. The normalized spacial score (nSPS) is 11.9. The van der Waals surface area contributed by atoms with Crippen molar-refractivity contribution in [3.63, 3.8) is 0 Å². The number of nitro groups is 1. The molecule has 0 spiro atoms. The molecule has 0 aromatic heterocycles. The highest BCUT2D eigenvalue weighted by Crippen LogP contribution is 2.28. The van der Waals surface area contributed by atoms with Crippen molar-refractivity contribution in [1.82, 2.24) is 5.32 Å². The summed E-state index contributed by atoms with van der Waals surface area (Å²) in [6.45, 7) is 4.62. The molecular formula is C20H25N3O5. The Labute approximate surface area is 163 Å². The Morgan fingerprint density at radius 1 is 1.18 bits per heavy atom. The predicted molar refractivity (Wildman–Crippen MR) is 107 cm³/mol. The van der Waals surface area contributed by atoms with E-state index in [0.717, 1.165) is 0 Å². The zero-order chi connectivity index (χ0) is 20.5. The summed E-state index contributed by atoms with van der Waals surface area (Å²) >= 11 is 0. The van der Waals surface area contributed by atoms with Gasteiger partial charge >= 0.3 is 0 Å². The third-order valence-electron chi connectivity index (χ3n) is 3.77. The van der Waals surface area contributed by atoms with Crippen molar-refractivity contribution in [2.24, 2.45) is 5.92 Å². The number of nitrogens with one attached hydrogen (secondary N) is 2. The van der Waals surface area contributed by atoms with Gasteiger partial charge < -0.3 is 20.5 Å². The molecule has 3 N–H and O–H groups in total. The molecule has 1 amide bonds. The second-order valence-electron chi connectivity index (χ2n) is 6.78. The second-order valence-corrected chi connectivity index (χ2v) is 6.78. The van der Waals surface area contributed by atoms with Gasteiger partial charge in [0.25, 0.3) is 11.6 Å². The Morgan fingerprint density at radius 3 is 2.54 bits per heavy atom. The van der Waals surface area contributed by atoms with Gasteiger partial charge in [-0.1, -0.05) is 32.0 Å². The minimum atomic E-state index is -0.850. The maximum Gasteiger partial charge on any atom is 0.293 e. The SMILES string of the molecule is CC(C)COC[C@H](O)CNC(=O)c1ccc(Nc2ccccc2)c([N+](=O)[O-])c1. The quantitative estimate of drug-likeness (QED) is 0.426. The highest BCUT2D eigenvalue weighted by Gasteiger charge is 2.18. The number of nitrogens with zero attached hydrogens (tertiary/aromatic N) is 1. The first-order valence-corrected chi connectivity index (χ1v) is 9.01. The molecule has 28 heavy (non-hydrogen) atoms. The summed E-state index contributed by atoms with van der Waals surface area (Å²) in [6, 6.07) is 13.2. The minimum absolute atomic E-state index is 0.00522. The van der Waals surface area contributed by atoms with Crippen molar-refractivity contribution >= 4 is 23.0 Å². The number of amides is 1. The van der Waals surface area contributed by atoms with E-state index in [1.54, 1.807) is 12.1 Å². The van der Waals surface area contributed by atoms with Crippen molar-refractivity contribution in [2.45, 2.75) is 20.0 Å². The van der Waals surface area contributed by atoms with Crippen LogP contribution in [0.2, 0.25) is 0 Å². The molecule has 1 atom stereocenters. The first-order valence-electron chi connectivity index (χ1n) is 9.01. The molecule has 0 fully saturated rings. The Hall–Kier alpha value is -2.97. The second kappa shape index (κ2) is 10.4. The van der Waals surface area contributed by atoms with Gasteiger partial charge in [0.2, 0.25) is 0 Å². The van der Waals surface area contributed by atoms with E-state index in [0.29, 0.717) is 18.2 Å². The monoisotopic (exact) mass is 387 g/mol. The minimum Gasteiger partial charge on any atom is -0.389 e. The molecule has 0 aliphatic rings. The van der Waals surface area contributed by atoms with Crippen LogP contribution in [-0.4, -0.2) is 41.8 Å². The lowest BCUT2D eigenvalue weighted by molar-refractivity contribution is -0.383. The first kappa shape index (κ1) is 21.3. The molecule has 0 heterocycles. The van der Waals surface area contributed by atoms with E-state index < -0.39 is 16.9 Å². The number of benzene rings is 2. The average molecular weight is 387 g/mol. The summed E-state index contributed by atoms with van der Waals surface area (Å²) < 4.78 is 5.32. The fourth-order valence-corrected chi connectivity index (χ4v) is 2.42. The van der Waals surface area contributed by atoms with Crippen LogP contribution in [0.1, 0.15) is 24.2 Å². The van der Waals surface area contributed by atoms with Crippen LogP contribution in [-0.2, 0) is 4.74 Å². The van der Waals surface area contributed by atoms with Crippen LogP contribution in [0.5, 0.6) is 0 Å². The maximum absolute atomic E-state index is 12.3. The number of para-hydroxylation sites is 1. The van der Waals surface area contributed by atoms with Crippen molar-refractivity contribution in [3.05, 3.63) is 64.2 Å². The van der Waals surface area contributed by atoms with Crippen molar-refractivity contribution in [3.8, 4) is 0 Å². The van der Waals surface area contributed by atoms with Gasteiger partial charge in [0, 0.05) is 30.5 Å². The number of hydrogen-bond donors (Lipinski definition) is 3. The van der Waals surface area contributed by atoms with Crippen LogP contribution < -0.4 is 10.6 Å². The number of rotatable bonds is 10. The van der Waals surface area contributed by atoms with Crippen LogP contribution >= 0.6 is 0 Å². The van der Waals surface area contributed by atoms with Gasteiger partial charge in [-0.2, -0.15) is 0 Å². The van der Waals surface area contributed by atoms with E-state index in [1.165, 1.54) is 18.2 Å². The van der Waals surface area contributed by atoms with Gasteiger partial charge in [0.05, 0.1) is 17.6 Å². The summed E-state index contributed by atoms with van der Waals surface area (Å²) in [4.78, 5) is 23.1. The molecule has 8 nitrogen and oxygen atoms in total. The van der Waals surface area contributed by atoms with Gasteiger partial charge in [-0.3, -0.25) is 14.9 Å². The summed E-state index contributed by atoms with van der Waals surface area (Å²) in [5.41, 5.74) is 0.917. The third-order valence-corrected chi connectivity index (χ3v) is 3.77. The largest absolute Gasteiger partial charge is 0.389 e. The van der Waals surface area contributed by atoms with Crippen molar-refractivity contribution in [1.29, 1.82) is 0 Å². The number of anilines is 2. The molecule has 0 aliphatic heterocycles.